The molecule has 0 heterocycles. The van der Waals surface area contributed by atoms with Crippen LogP contribution in [-0.2, 0) is 6.54 Å². The molecule has 0 saturated carbocycles. The number of phenolic OH excluding ortho intramolecular Hbond substituents is 2. The van der Waals surface area contributed by atoms with Crippen molar-refractivity contribution < 1.29 is 15.0 Å². The standard InChI is InChI=1S/C16H18N2O3/c17-9-10-18(11-12-5-2-1-3-6-12)16(21)13-7-4-8-14(19)15(13)20/h1-8,19-20H,9-11,17H2. The Labute approximate surface area is 123 Å². The summed E-state index contributed by atoms with van der Waals surface area (Å²) in [7, 11) is 0. The lowest BCUT2D eigenvalue weighted by atomic mass is 10.1. The van der Waals surface area contributed by atoms with E-state index in [1.807, 2.05) is 30.3 Å². The fraction of sp³-hybridized carbons (Fsp3) is 0.188. The highest BCUT2D eigenvalue weighted by molar-refractivity contribution is 5.97. The van der Waals surface area contributed by atoms with E-state index in [-0.39, 0.29) is 17.2 Å². The van der Waals surface area contributed by atoms with E-state index in [0.29, 0.717) is 19.6 Å². The van der Waals surface area contributed by atoms with Crippen LogP contribution in [0.2, 0.25) is 0 Å². The maximum atomic E-state index is 12.5. The topological polar surface area (TPSA) is 86.8 Å². The lowest BCUT2D eigenvalue weighted by Crippen LogP contribution is -2.34. The third-order valence-electron chi connectivity index (χ3n) is 3.15. The van der Waals surface area contributed by atoms with E-state index < -0.39 is 5.75 Å². The Morgan fingerprint density at radius 3 is 2.43 bits per heavy atom. The summed E-state index contributed by atoms with van der Waals surface area (Å²) < 4.78 is 0. The number of rotatable bonds is 5. The summed E-state index contributed by atoms with van der Waals surface area (Å²) in [5.41, 5.74) is 6.60. The molecule has 0 radical (unpaired) electrons. The van der Waals surface area contributed by atoms with Crippen LogP contribution in [0.15, 0.2) is 48.5 Å². The quantitative estimate of drug-likeness (QED) is 0.730. The number of benzene rings is 2. The van der Waals surface area contributed by atoms with Crippen LogP contribution in [0.4, 0.5) is 0 Å². The van der Waals surface area contributed by atoms with Gasteiger partial charge in [-0.1, -0.05) is 36.4 Å². The van der Waals surface area contributed by atoms with Gasteiger partial charge in [0.15, 0.2) is 11.5 Å². The Morgan fingerprint density at radius 2 is 1.76 bits per heavy atom. The zero-order chi connectivity index (χ0) is 15.2. The van der Waals surface area contributed by atoms with Gasteiger partial charge in [-0.05, 0) is 17.7 Å². The molecule has 5 nitrogen and oxygen atoms in total. The Balaban J connectivity index is 2.25. The molecule has 0 saturated heterocycles. The summed E-state index contributed by atoms with van der Waals surface area (Å²) in [6, 6.07) is 13.9. The minimum atomic E-state index is -0.405. The highest BCUT2D eigenvalue weighted by Crippen LogP contribution is 2.29. The van der Waals surface area contributed by atoms with Gasteiger partial charge < -0.3 is 20.8 Å². The first kappa shape index (κ1) is 14.9. The number of para-hydroxylation sites is 1. The van der Waals surface area contributed by atoms with E-state index in [2.05, 4.69) is 0 Å². The summed E-state index contributed by atoms with van der Waals surface area (Å²) in [6.45, 7) is 1.08. The monoisotopic (exact) mass is 286 g/mol. The summed E-state index contributed by atoms with van der Waals surface area (Å²) in [5.74, 6) is -1.08. The van der Waals surface area contributed by atoms with Gasteiger partial charge in [-0.25, -0.2) is 0 Å². The first-order chi connectivity index (χ1) is 10.1. The fourth-order valence-electron chi connectivity index (χ4n) is 2.09. The lowest BCUT2D eigenvalue weighted by molar-refractivity contribution is 0.0744. The van der Waals surface area contributed by atoms with Crippen molar-refractivity contribution in [2.24, 2.45) is 5.73 Å². The molecular formula is C16H18N2O3. The van der Waals surface area contributed by atoms with E-state index in [9.17, 15) is 15.0 Å². The normalized spacial score (nSPS) is 10.3. The van der Waals surface area contributed by atoms with E-state index in [0.717, 1.165) is 5.56 Å². The summed E-state index contributed by atoms with van der Waals surface area (Å²) in [5, 5.41) is 19.3. The summed E-state index contributed by atoms with van der Waals surface area (Å²) >= 11 is 0. The molecule has 21 heavy (non-hydrogen) atoms. The maximum absolute atomic E-state index is 12.5. The van der Waals surface area contributed by atoms with Crippen molar-refractivity contribution in [3.8, 4) is 11.5 Å². The molecule has 0 bridgehead atoms. The third-order valence-corrected chi connectivity index (χ3v) is 3.15. The number of amides is 1. The summed E-state index contributed by atoms with van der Waals surface area (Å²) in [6.07, 6.45) is 0. The number of hydrogen-bond donors (Lipinski definition) is 3. The predicted octanol–water partition coefficient (Wildman–Crippen LogP) is 1.70. The SMILES string of the molecule is NCCN(Cc1ccccc1)C(=O)c1cccc(O)c1O. The van der Waals surface area contributed by atoms with Crippen molar-refractivity contribution in [3.05, 3.63) is 59.7 Å². The van der Waals surface area contributed by atoms with E-state index in [1.165, 1.54) is 18.2 Å². The molecule has 0 unspecified atom stereocenters. The molecule has 0 aromatic heterocycles. The molecule has 1 amide bonds. The zero-order valence-electron chi connectivity index (χ0n) is 11.6. The molecule has 0 atom stereocenters. The van der Waals surface area contributed by atoms with Gasteiger partial charge in [0.05, 0.1) is 5.56 Å². The fourth-order valence-corrected chi connectivity index (χ4v) is 2.09. The average molecular weight is 286 g/mol. The molecule has 0 aliphatic heterocycles. The van der Waals surface area contributed by atoms with Crippen LogP contribution in [0, 0.1) is 0 Å². The molecule has 0 spiro atoms. The Hall–Kier alpha value is -2.53. The van der Waals surface area contributed by atoms with Crippen molar-refractivity contribution in [1.29, 1.82) is 0 Å². The Morgan fingerprint density at radius 1 is 1.05 bits per heavy atom. The molecule has 2 aromatic rings. The first-order valence-corrected chi connectivity index (χ1v) is 6.67. The van der Waals surface area contributed by atoms with Gasteiger partial charge >= 0.3 is 0 Å². The van der Waals surface area contributed by atoms with E-state index in [1.54, 1.807) is 4.90 Å². The number of carbonyl (C=O) groups excluding carboxylic acids is 1. The van der Waals surface area contributed by atoms with Crippen molar-refractivity contribution in [2.75, 3.05) is 13.1 Å². The molecule has 4 N–H and O–H groups in total. The molecule has 0 aliphatic rings. The minimum Gasteiger partial charge on any atom is -0.504 e. The molecule has 2 aromatic carbocycles. The predicted molar refractivity (Wildman–Crippen MR) is 80.0 cm³/mol. The summed E-state index contributed by atoms with van der Waals surface area (Å²) in [4.78, 5) is 14.1. The molecule has 110 valence electrons. The third kappa shape index (κ3) is 3.52. The molecule has 0 fully saturated rings. The first-order valence-electron chi connectivity index (χ1n) is 6.67. The number of hydrogen-bond acceptors (Lipinski definition) is 4. The number of phenols is 2. The van der Waals surface area contributed by atoms with Gasteiger partial charge in [0.1, 0.15) is 0 Å². The molecule has 0 aliphatic carbocycles. The van der Waals surface area contributed by atoms with Crippen LogP contribution in [0.5, 0.6) is 11.5 Å². The van der Waals surface area contributed by atoms with Crippen LogP contribution >= 0.6 is 0 Å². The van der Waals surface area contributed by atoms with Crippen molar-refractivity contribution in [1.82, 2.24) is 4.90 Å². The van der Waals surface area contributed by atoms with Crippen LogP contribution in [0.3, 0.4) is 0 Å². The number of aromatic hydroxyl groups is 2. The van der Waals surface area contributed by atoms with Gasteiger partial charge in [0.25, 0.3) is 5.91 Å². The molecule has 2 rings (SSSR count). The van der Waals surface area contributed by atoms with Crippen molar-refractivity contribution >= 4 is 5.91 Å². The van der Waals surface area contributed by atoms with Gasteiger partial charge in [0.2, 0.25) is 0 Å². The molecular weight excluding hydrogens is 268 g/mol. The highest BCUT2D eigenvalue weighted by Gasteiger charge is 2.20. The van der Waals surface area contributed by atoms with E-state index in [4.69, 9.17) is 5.73 Å². The van der Waals surface area contributed by atoms with Gasteiger partial charge in [-0.2, -0.15) is 0 Å². The number of carbonyl (C=O) groups is 1. The largest absolute Gasteiger partial charge is 0.504 e. The minimum absolute atomic E-state index is 0.0689. The van der Waals surface area contributed by atoms with Crippen LogP contribution in [0.25, 0.3) is 0 Å². The lowest BCUT2D eigenvalue weighted by Gasteiger charge is -2.22. The van der Waals surface area contributed by atoms with Crippen LogP contribution in [-0.4, -0.2) is 34.1 Å². The van der Waals surface area contributed by atoms with Gasteiger partial charge in [-0.3, -0.25) is 4.79 Å². The van der Waals surface area contributed by atoms with Crippen LogP contribution in [0.1, 0.15) is 15.9 Å². The van der Waals surface area contributed by atoms with Crippen molar-refractivity contribution in [3.63, 3.8) is 0 Å². The smallest absolute Gasteiger partial charge is 0.258 e. The second kappa shape index (κ2) is 6.76. The average Bonchev–Trinajstić information content (AvgIpc) is 2.50. The molecule has 5 heteroatoms. The maximum Gasteiger partial charge on any atom is 0.258 e. The van der Waals surface area contributed by atoms with Crippen LogP contribution < -0.4 is 5.73 Å². The van der Waals surface area contributed by atoms with Gasteiger partial charge in [-0.15, -0.1) is 0 Å². The van der Waals surface area contributed by atoms with Crippen molar-refractivity contribution in [2.45, 2.75) is 6.54 Å². The Kier molecular flexibility index (Phi) is 4.79. The zero-order valence-corrected chi connectivity index (χ0v) is 11.6. The van der Waals surface area contributed by atoms with Gasteiger partial charge in [0, 0.05) is 19.6 Å². The van der Waals surface area contributed by atoms with E-state index >= 15 is 0 Å². The second-order valence-corrected chi connectivity index (χ2v) is 4.67. The second-order valence-electron chi connectivity index (χ2n) is 4.67. The number of nitrogens with zero attached hydrogens (tertiary/aromatic N) is 1. The highest BCUT2D eigenvalue weighted by atomic mass is 16.3. The number of nitrogens with two attached hydrogens (primary N) is 1. The Bertz CT molecular complexity index is 614.